The van der Waals surface area contributed by atoms with Gasteiger partial charge in [0.1, 0.15) is 33.0 Å². The zero-order chi connectivity index (χ0) is 21.8. The summed E-state index contributed by atoms with van der Waals surface area (Å²) in [5.74, 6) is 0.397. The van der Waals surface area contributed by atoms with Crippen LogP contribution in [-0.4, -0.2) is 30.8 Å². The molecule has 0 fully saturated rings. The number of aromatic nitrogens is 5. The Morgan fingerprint density at radius 3 is 2.74 bits per heavy atom. The molecule has 8 nitrogen and oxygen atoms in total. The first-order chi connectivity index (χ1) is 14.8. The molecule has 0 saturated carbocycles. The molecule has 1 amide bonds. The Hall–Kier alpha value is -3.15. The lowest BCUT2D eigenvalue weighted by Crippen LogP contribution is -2.27. The van der Waals surface area contributed by atoms with Gasteiger partial charge in [-0.05, 0) is 48.6 Å². The molecule has 3 aromatic heterocycles. The first-order valence-electron chi connectivity index (χ1n) is 9.46. The van der Waals surface area contributed by atoms with E-state index in [4.69, 9.17) is 4.52 Å². The average molecular weight is 530 g/mol. The van der Waals surface area contributed by atoms with Gasteiger partial charge in [-0.15, -0.1) is 0 Å². The van der Waals surface area contributed by atoms with Crippen LogP contribution in [0, 0.1) is 9.52 Å². The average Bonchev–Trinajstić information content (AvgIpc) is 3.43. The van der Waals surface area contributed by atoms with Crippen molar-refractivity contribution in [3.8, 4) is 22.9 Å². The minimum Gasteiger partial charge on any atom is -0.364 e. The molecule has 1 aliphatic rings. The second kappa shape index (κ2) is 7.22. The maximum Gasteiger partial charge on any atom is 0.235 e. The lowest BCUT2D eigenvalue weighted by Gasteiger charge is -2.15. The summed E-state index contributed by atoms with van der Waals surface area (Å²) >= 11 is 2.11. The van der Waals surface area contributed by atoms with Crippen LogP contribution in [0.3, 0.4) is 0 Å². The van der Waals surface area contributed by atoms with Gasteiger partial charge in [0.15, 0.2) is 5.82 Å². The summed E-state index contributed by atoms with van der Waals surface area (Å²) in [6.45, 7) is 3.87. The molecular formula is C21H16FIN6O2. The number of hydrogen-bond acceptors (Lipinski definition) is 6. The normalized spacial score (nSPS) is 14.5. The van der Waals surface area contributed by atoms with E-state index < -0.39 is 5.41 Å². The van der Waals surface area contributed by atoms with Crippen molar-refractivity contribution in [1.82, 2.24) is 24.9 Å². The summed E-state index contributed by atoms with van der Waals surface area (Å²) in [6.07, 6.45) is 1.46. The number of carbonyl (C=O) groups excluding carboxylic acids is 1. The maximum atomic E-state index is 14.3. The van der Waals surface area contributed by atoms with E-state index in [0.29, 0.717) is 38.0 Å². The van der Waals surface area contributed by atoms with Gasteiger partial charge in [0, 0.05) is 17.2 Å². The van der Waals surface area contributed by atoms with E-state index in [9.17, 15) is 9.18 Å². The number of halogens is 2. The standard InChI is InChI=1S/C21H16FIN6O2/c1-21(2)16-17(23)24-18(25-19(16)26-20(21)30)14-9-15(13-7-8-31-28-13)29(27-14)10-11-5-3-4-6-12(11)22/h3-9H,10H2,1-2H3,(H,24,25,26,30). The fourth-order valence-electron chi connectivity index (χ4n) is 3.55. The monoisotopic (exact) mass is 530 g/mol. The Labute approximate surface area is 190 Å². The molecule has 0 atom stereocenters. The van der Waals surface area contributed by atoms with Crippen molar-refractivity contribution in [3.05, 3.63) is 63.3 Å². The SMILES string of the molecule is CC1(C)C(=O)Nc2nc(-c3cc(-c4ccon4)n(Cc4ccccc4F)n3)nc(I)c21. The Bertz CT molecular complexity index is 1320. The van der Waals surface area contributed by atoms with E-state index in [1.54, 1.807) is 35.0 Å². The third-order valence-electron chi connectivity index (χ3n) is 5.28. The number of nitrogens with zero attached hydrogens (tertiary/aromatic N) is 5. The van der Waals surface area contributed by atoms with Gasteiger partial charge in [0.25, 0.3) is 0 Å². The van der Waals surface area contributed by atoms with Crippen LogP contribution in [0.5, 0.6) is 0 Å². The van der Waals surface area contributed by atoms with Crippen molar-refractivity contribution < 1.29 is 13.7 Å². The molecule has 1 aromatic carbocycles. The molecule has 156 valence electrons. The topological polar surface area (TPSA) is 98.7 Å². The summed E-state index contributed by atoms with van der Waals surface area (Å²) in [6, 6.07) is 10.0. The van der Waals surface area contributed by atoms with Crippen LogP contribution in [0.4, 0.5) is 10.2 Å². The van der Waals surface area contributed by atoms with E-state index >= 15 is 0 Å². The second-order valence-electron chi connectivity index (χ2n) is 7.69. The van der Waals surface area contributed by atoms with Crippen molar-refractivity contribution in [2.45, 2.75) is 25.8 Å². The number of hydrogen-bond donors (Lipinski definition) is 1. The van der Waals surface area contributed by atoms with E-state index in [0.717, 1.165) is 5.56 Å². The van der Waals surface area contributed by atoms with Crippen LogP contribution >= 0.6 is 22.6 Å². The minimum atomic E-state index is -0.708. The predicted molar refractivity (Wildman–Crippen MR) is 119 cm³/mol. The van der Waals surface area contributed by atoms with Crippen LogP contribution in [0.2, 0.25) is 0 Å². The Kier molecular flexibility index (Phi) is 4.61. The summed E-state index contributed by atoms with van der Waals surface area (Å²) < 4.78 is 21.5. The molecule has 0 saturated heterocycles. The number of benzene rings is 1. The third kappa shape index (κ3) is 3.30. The van der Waals surface area contributed by atoms with Gasteiger partial charge in [-0.1, -0.05) is 23.4 Å². The molecule has 0 spiro atoms. The molecule has 0 unspecified atom stereocenters. The van der Waals surface area contributed by atoms with Crippen LogP contribution in [0.15, 0.2) is 47.2 Å². The van der Waals surface area contributed by atoms with E-state index in [1.165, 1.54) is 12.3 Å². The van der Waals surface area contributed by atoms with Crippen LogP contribution in [-0.2, 0) is 16.8 Å². The molecule has 1 N–H and O–H groups in total. The van der Waals surface area contributed by atoms with Gasteiger partial charge in [-0.2, -0.15) is 5.10 Å². The van der Waals surface area contributed by atoms with Crippen molar-refractivity contribution in [2.75, 3.05) is 5.32 Å². The summed E-state index contributed by atoms with van der Waals surface area (Å²) in [5, 5.41) is 11.4. The predicted octanol–water partition coefficient (Wildman–Crippen LogP) is 4.02. The van der Waals surface area contributed by atoms with Gasteiger partial charge in [-0.25, -0.2) is 14.4 Å². The molecular weight excluding hydrogens is 514 g/mol. The highest BCUT2D eigenvalue weighted by Crippen LogP contribution is 2.39. The molecule has 0 bridgehead atoms. The number of amides is 1. The van der Waals surface area contributed by atoms with Crippen LogP contribution in [0.25, 0.3) is 22.9 Å². The number of anilines is 1. The summed E-state index contributed by atoms with van der Waals surface area (Å²) in [4.78, 5) is 21.5. The molecule has 0 aliphatic carbocycles. The maximum absolute atomic E-state index is 14.3. The van der Waals surface area contributed by atoms with E-state index in [2.05, 4.69) is 48.1 Å². The quantitative estimate of drug-likeness (QED) is 0.316. The van der Waals surface area contributed by atoms with Gasteiger partial charge in [0.05, 0.1) is 17.7 Å². The number of fused-ring (bicyclic) bond motifs is 1. The zero-order valence-electron chi connectivity index (χ0n) is 16.6. The minimum absolute atomic E-state index is 0.125. The highest BCUT2D eigenvalue weighted by Gasteiger charge is 2.42. The third-order valence-corrected chi connectivity index (χ3v) is 6.06. The van der Waals surface area contributed by atoms with Crippen LogP contribution < -0.4 is 5.32 Å². The van der Waals surface area contributed by atoms with Gasteiger partial charge in [0.2, 0.25) is 5.91 Å². The molecule has 0 radical (unpaired) electrons. The fourth-order valence-corrected chi connectivity index (χ4v) is 4.71. The Morgan fingerprint density at radius 2 is 2.00 bits per heavy atom. The first kappa shape index (κ1) is 19.8. The zero-order valence-corrected chi connectivity index (χ0v) is 18.7. The summed E-state index contributed by atoms with van der Waals surface area (Å²) in [7, 11) is 0. The van der Waals surface area contributed by atoms with Crippen molar-refractivity contribution >= 4 is 34.3 Å². The highest BCUT2D eigenvalue weighted by atomic mass is 127. The largest absolute Gasteiger partial charge is 0.364 e. The Morgan fingerprint density at radius 1 is 1.19 bits per heavy atom. The van der Waals surface area contributed by atoms with Crippen molar-refractivity contribution in [3.63, 3.8) is 0 Å². The van der Waals surface area contributed by atoms with E-state index in [1.807, 2.05) is 13.8 Å². The van der Waals surface area contributed by atoms with Crippen LogP contribution in [0.1, 0.15) is 25.0 Å². The van der Waals surface area contributed by atoms with E-state index in [-0.39, 0.29) is 18.3 Å². The number of nitrogens with one attached hydrogen (secondary N) is 1. The smallest absolute Gasteiger partial charge is 0.235 e. The molecule has 31 heavy (non-hydrogen) atoms. The molecule has 4 heterocycles. The fraction of sp³-hybridized carbons (Fsp3) is 0.190. The first-order valence-corrected chi connectivity index (χ1v) is 10.5. The number of rotatable bonds is 4. The molecule has 5 rings (SSSR count). The van der Waals surface area contributed by atoms with Crippen molar-refractivity contribution in [2.24, 2.45) is 0 Å². The van der Waals surface area contributed by atoms with Gasteiger partial charge >= 0.3 is 0 Å². The highest BCUT2D eigenvalue weighted by molar-refractivity contribution is 14.1. The van der Waals surface area contributed by atoms with Gasteiger partial charge in [-0.3, -0.25) is 9.48 Å². The Balaban J connectivity index is 1.62. The molecule has 4 aromatic rings. The van der Waals surface area contributed by atoms with Gasteiger partial charge < -0.3 is 9.84 Å². The summed E-state index contributed by atoms with van der Waals surface area (Å²) in [5.41, 5.74) is 2.22. The number of carbonyl (C=O) groups is 1. The second-order valence-corrected chi connectivity index (χ2v) is 8.71. The molecule has 1 aliphatic heterocycles. The molecule has 10 heteroatoms. The lowest BCUT2D eigenvalue weighted by atomic mass is 9.88. The lowest BCUT2D eigenvalue weighted by molar-refractivity contribution is -0.119. The van der Waals surface area contributed by atoms with Crippen molar-refractivity contribution in [1.29, 1.82) is 0 Å².